The first kappa shape index (κ1) is 24.8. The lowest BCUT2D eigenvalue weighted by atomic mass is 10.1. The van der Waals surface area contributed by atoms with Crippen LogP contribution in [0.5, 0.6) is 0 Å². The molecule has 2 aromatic carbocycles. The molecule has 3 nitrogen and oxygen atoms in total. The van der Waals surface area contributed by atoms with Crippen molar-refractivity contribution in [2.45, 2.75) is 71.2 Å². The molecule has 0 spiro atoms. The first-order valence-corrected chi connectivity index (χ1v) is 11.3. The van der Waals surface area contributed by atoms with Gasteiger partial charge in [-0.2, -0.15) is 13.2 Å². The zero-order chi connectivity index (χ0) is 24.0. The molecule has 1 N–H and O–H groups in total. The summed E-state index contributed by atoms with van der Waals surface area (Å²) in [6.07, 6.45) is -0.285. The number of benzene rings is 2. The van der Waals surface area contributed by atoms with Gasteiger partial charge in [0.05, 0.1) is 11.3 Å². The average molecular weight is 464 g/mol. The first-order valence-electron chi connectivity index (χ1n) is 11.3. The van der Waals surface area contributed by atoms with Gasteiger partial charge in [-0.3, -0.25) is 4.79 Å². The van der Waals surface area contributed by atoms with Crippen LogP contribution in [-0.2, 0) is 35.1 Å². The summed E-state index contributed by atoms with van der Waals surface area (Å²) in [5.41, 5.74) is 1.93. The monoisotopic (exact) mass is 463 g/mol. The molecule has 1 aliphatic rings. The van der Waals surface area contributed by atoms with Gasteiger partial charge in [0.1, 0.15) is 11.9 Å². The molecule has 0 unspecified atom stereocenters. The molecule has 0 bridgehead atoms. The molecule has 0 heterocycles. The Balaban J connectivity index is 1.81. The van der Waals surface area contributed by atoms with Crippen molar-refractivity contribution in [1.29, 1.82) is 0 Å². The Morgan fingerprint density at radius 3 is 2.33 bits per heavy atom. The Morgan fingerprint density at radius 1 is 1.09 bits per heavy atom. The second kappa shape index (κ2) is 10.9. The van der Waals surface area contributed by atoms with Crippen LogP contribution in [0, 0.1) is 5.82 Å². The SMILES string of the molecule is CCCCC/C(NCc1ccc(F)c(C(F)(F)F)c1)=C(/OC1Cc2ccccc2C1)C(C)=O. The minimum absolute atomic E-state index is 0.0237. The Hall–Kier alpha value is -2.83. The molecule has 7 heteroatoms. The maximum absolute atomic E-state index is 13.6. The summed E-state index contributed by atoms with van der Waals surface area (Å²) in [5, 5.41) is 3.11. The quantitative estimate of drug-likeness (QED) is 0.189. The van der Waals surface area contributed by atoms with Crippen molar-refractivity contribution in [2.75, 3.05) is 0 Å². The molecule has 0 saturated carbocycles. The third-order valence-corrected chi connectivity index (χ3v) is 5.76. The van der Waals surface area contributed by atoms with Crippen LogP contribution in [0.15, 0.2) is 53.9 Å². The van der Waals surface area contributed by atoms with Crippen LogP contribution in [0.2, 0.25) is 0 Å². The lowest BCUT2D eigenvalue weighted by molar-refractivity contribution is -0.140. The van der Waals surface area contributed by atoms with E-state index in [4.69, 9.17) is 4.74 Å². The number of fused-ring (bicyclic) bond motifs is 1. The lowest BCUT2D eigenvalue weighted by Gasteiger charge is -2.20. The number of carbonyl (C=O) groups is 1. The summed E-state index contributed by atoms with van der Waals surface area (Å²) < 4.78 is 59.0. The smallest absolute Gasteiger partial charge is 0.419 e. The van der Waals surface area contributed by atoms with E-state index in [-0.39, 0.29) is 29.8 Å². The van der Waals surface area contributed by atoms with Gasteiger partial charge in [-0.25, -0.2) is 4.39 Å². The molecule has 0 saturated heterocycles. The van der Waals surface area contributed by atoms with Crippen LogP contribution in [0.25, 0.3) is 0 Å². The highest BCUT2D eigenvalue weighted by Crippen LogP contribution is 2.32. The third-order valence-electron chi connectivity index (χ3n) is 5.76. The van der Waals surface area contributed by atoms with E-state index in [0.29, 0.717) is 25.0 Å². The van der Waals surface area contributed by atoms with Gasteiger partial charge in [-0.15, -0.1) is 0 Å². The van der Waals surface area contributed by atoms with E-state index in [1.54, 1.807) is 0 Å². The number of rotatable bonds is 10. The molecule has 0 aromatic heterocycles. The molecule has 0 fully saturated rings. The Morgan fingerprint density at radius 2 is 1.76 bits per heavy atom. The molecule has 178 valence electrons. The lowest BCUT2D eigenvalue weighted by Crippen LogP contribution is -2.23. The molecule has 33 heavy (non-hydrogen) atoms. The van der Waals surface area contributed by atoms with E-state index < -0.39 is 17.6 Å². The minimum Gasteiger partial charge on any atom is -0.484 e. The number of nitrogens with one attached hydrogen (secondary N) is 1. The van der Waals surface area contributed by atoms with Crippen molar-refractivity contribution in [2.24, 2.45) is 0 Å². The normalized spacial score (nSPS) is 14.6. The highest BCUT2D eigenvalue weighted by atomic mass is 19.4. The van der Waals surface area contributed by atoms with Crippen molar-refractivity contribution in [1.82, 2.24) is 5.32 Å². The number of alkyl halides is 3. The minimum atomic E-state index is -4.77. The number of unbranched alkanes of at least 4 members (excludes halogenated alkanes) is 2. The summed E-state index contributed by atoms with van der Waals surface area (Å²) in [6.45, 7) is 3.51. The van der Waals surface area contributed by atoms with Crippen LogP contribution in [0.1, 0.15) is 61.8 Å². The summed E-state index contributed by atoms with van der Waals surface area (Å²) in [7, 11) is 0. The topological polar surface area (TPSA) is 38.3 Å². The molecule has 0 aliphatic heterocycles. The van der Waals surface area contributed by atoms with Gasteiger partial charge in [0, 0.05) is 26.3 Å². The first-order chi connectivity index (χ1) is 15.7. The zero-order valence-corrected chi connectivity index (χ0v) is 18.9. The largest absolute Gasteiger partial charge is 0.484 e. The molecule has 2 aromatic rings. The van der Waals surface area contributed by atoms with E-state index in [0.717, 1.165) is 31.4 Å². The Labute approximate surface area is 191 Å². The molecule has 1 aliphatic carbocycles. The van der Waals surface area contributed by atoms with E-state index in [9.17, 15) is 22.4 Å². The maximum Gasteiger partial charge on any atom is 0.419 e. The van der Waals surface area contributed by atoms with Crippen molar-refractivity contribution in [3.8, 4) is 0 Å². The predicted octanol–water partition coefficient (Wildman–Crippen LogP) is 6.50. The Kier molecular flexibility index (Phi) is 8.16. The van der Waals surface area contributed by atoms with Gasteiger partial charge in [-0.1, -0.05) is 50.1 Å². The Bertz CT molecular complexity index is 989. The number of allylic oxidation sites excluding steroid dienone is 2. The van der Waals surface area contributed by atoms with Crippen molar-refractivity contribution >= 4 is 5.78 Å². The summed E-state index contributed by atoms with van der Waals surface area (Å²) in [5.74, 6) is -1.32. The fourth-order valence-electron chi connectivity index (χ4n) is 4.08. The van der Waals surface area contributed by atoms with Crippen LogP contribution >= 0.6 is 0 Å². The van der Waals surface area contributed by atoms with Gasteiger partial charge < -0.3 is 10.1 Å². The maximum atomic E-state index is 13.6. The molecular weight excluding hydrogens is 434 g/mol. The van der Waals surface area contributed by atoms with Gasteiger partial charge in [0.2, 0.25) is 0 Å². The van der Waals surface area contributed by atoms with Gasteiger partial charge in [0.15, 0.2) is 11.5 Å². The predicted molar refractivity (Wildman–Crippen MR) is 119 cm³/mol. The van der Waals surface area contributed by atoms with E-state index >= 15 is 0 Å². The molecule has 0 amide bonds. The standard InChI is InChI=1S/C26H29F4NO2/c1-3-4-5-10-24(31-16-18-11-12-23(27)22(13-18)26(28,29)30)25(17(2)32)33-21-14-19-8-6-7-9-20(19)15-21/h6-9,11-13,21,31H,3-5,10,14-16H2,1-2H3/b25-24-. The third kappa shape index (κ3) is 6.59. The molecule has 0 atom stereocenters. The van der Waals surface area contributed by atoms with Crippen molar-refractivity contribution in [3.63, 3.8) is 0 Å². The number of hydrogen-bond donors (Lipinski definition) is 1. The van der Waals surface area contributed by atoms with Crippen LogP contribution in [0.4, 0.5) is 17.6 Å². The van der Waals surface area contributed by atoms with E-state index in [1.807, 2.05) is 24.3 Å². The van der Waals surface area contributed by atoms with Crippen LogP contribution in [0.3, 0.4) is 0 Å². The van der Waals surface area contributed by atoms with Gasteiger partial charge >= 0.3 is 6.18 Å². The second-order valence-electron chi connectivity index (χ2n) is 8.40. The zero-order valence-electron chi connectivity index (χ0n) is 18.9. The molecule has 0 radical (unpaired) electrons. The van der Waals surface area contributed by atoms with Gasteiger partial charge in [0.25, 0.3) is 0 Å². The fourth-order valence-corrected chi connectivity index (χ4v) is 4.08. The van der Waals surface area contributed by atoms with Gasteiger partial charge in [-0.05, 0) is 41.7 Å². The number of ether oxygens (including phenoxy) is 1. The number of ketones is 1. The number of carbonyl (C=O) groups excluding carboxylic acids is 1. The fraction of sp³-hybridized carbons (Fsp3) is 0.423. The van der Waals surface area contributed by atoms with Crippen LogP contribution in [-0.4, -0.2) is 11.9 Å². The van der Waals surface area contributed by atoms with Crippen molar-refractivity contribution in [3.05, 3.63) is 82.0 Å². The summed E-state index contributed by atoms with van der Waals surface area (Å²) >= 11 is 0. The highest BCUT2D eigenvalue weighted by molar-refractivity contribution is 5.92. The number of hydrogen-bond acceptors (Lipinski definition) is 3. The van der Waals surface area contributed by atoms with Crippen molar-refractivity contribution < 1.29 is 27.1 Å². The second-order valence-corrected chi connectivity index (χ2v) is 8.40. The number of halogens is 4. The summed E-state index contributed by atoms with van der Waals surface area (Å²) in [6, 6.07) is 11.0. The van der Waals surface area contributed by atoms with Crippen LogP contribution < -0.4 is 5.32 Å². The van der Waals surface area contributed by atoms with E-state index in [2.05, 4.69) is 12.2 Å². The van der Waals surface area contributed by atoms with E-state index in [1.165, 1.54) is 24.1 Å². The molecule has 3 rings (SSSR count). The molecular formula is C26H29F4NO2. The highest BCUT2D eigenvalue weighted by Gasteiger charge is 2.34. The summed E-state index contributed by atoms with van der Waals surface area (Å²) in [4.78, 5) is 12.5. The number of Topliss-reactive ketones (excluding diaryl/α,β-unsaturated/α-hetero) is 1. The average Bonchev–Trinajstić information content (AvgIpc) is 3.17.